The standard InChI is InChI=1S/C18H15ClN2S/c1-2-12-21-17(14-6-4-3-5-7-14)13-22-18(21)20-16-10-8-15(19)9-11-16/h2-11,13H,1,12H2. The van der Waals surface area contributed by atoms with Gasteiger partial charge in [-0.15, -0.1) is 17.9 Å². The number of nitrogens with zero attached hydrogens (tertiary/aromatic N) is 2. The third-order valence-electron chi connectivity index (χ3n) is 3.23. The summed E-state index contributed by atoms with van der Waals surface area (Å²) >= 11 is 7.55. The Hall–Kier alpha value is -2.10. The minimum absolute atomic E-state index is 0.717. The topological polar surface area (TPSA) is 17.3 Å². The van der Waals surface area contributed by atoms with Gasteiger partial charge < -0.3 is 4.57 Å². The molecular weight excluding hydrogens is 312 g/mol. The van der Waals surface area contributed by atoms with E-state index in [0.717, 1.165) is 22.7 Å². The van der Waals surface area contributed by atoms with Crippen LogP contribution in [0.2, 0.25) is 5.02 Å². The van der Waals surface area contributed by atoms with Gasteiger partial charge in [0, 0.05) is 16.9 Å². The highest BCUT2D eigenvalue weighted by Crippen LogP contribution is 2.21. The van der Waals surface area contributed by atoms with Gasteiger partial charge in [-0.05, 0) is 29.8 Å². The summed E-state index contributed by atoms with van der Waals surface area (Å²) in [5.74, 6) is 0. The molecule has 0 spiro atoms. The summed E-state index contributed by atoms with van der Waals surface area (Å²) in [4.78, 5) is 5.67. The molecule has 0 radical (unpaired) electrons. The summed E-state index contributed by atoms with van der Waals surface area (Å²) in [7, 11) is 0. The fourth-order valence-electron chi connectivity index (χ4n) is 2.19. The van der Waals surface area contributed by atoms with Crippen LogP contribution in [0.4, 0.5) is 5.69 Å². The Bertz CT molecular complexity index is 830. The molecule has 2 nitrogen and oxygen atoms in total. The van der Waals surface area contributed by atoms with Gasteiger partial charge in [0.2, 0.25) is 0 Å². The second-order valence-electron chi connectivity index (χ2n) is 4.76. The number of hydrogen-bond acceptors (Lipinski definition) is 2. The first-order valence-electron chi connectivity index (χ1n) is 6.93. The maximum Gasteiger partial charge on any atom is 0.190 e. The number of benzene rings is 2. The molecule has 0 aliphatic heterocycles. The molecule has 22 heavy (non-hydrogen) atoms. The summed E-state index contributed by atoms with van der Waals surface area (Å²) in [6.07, 6.45) is 1.89. The van der Waals surface area contributed by atoms with Crippen LogP contribution in [0.25, 0.3) is 11.3 Å². The van der Waals surface area contributed by atoms with Crippen LogP contribution in [0.15, 0.2) is 77.6 Å². The monoisotopic (exact) mass is 326 g/mol. The molecular formula is C18H15ClN2S. The molecule has 0 atom stereocenters. The Morgan fingerprint density at radius 2 is 1.82 bits per heavy atom. The van der Waals surface area contributed by atoms with Gasteiger partial charge in [0.1, 0.15) is 0 Å². The molecule has 1 heterocycles. The van der Waals surface area contributed by atoms with Crippen LogP contribution < -0.4 is 4.80 Å². The van der Waals surface area contributed by atoms with Crippen molar-refractivity contribution in [1.29, 1.82) is 0 Å². The summed E-state index contributed by atoms with van der Waals surface area (Å²) in [5, 5.41) is 2.85. The third-order valence-corrected chi connectivity index (χ3v) is 4.35. The number of hydrogen-bond donors (Lipinski definition) is 0. The molecule has 0 saturated heterocycles. The quantitative estimate of drug-likeness (QED) is 0.580. The van der Waals surface area contributed by atoms with Crippen molar-refractivity contribution in [3.8, 4) is 11.3 Å². The van der Waals surface area contributed by atoms with Crippen LogP contribution in [-0.2, 0) is 6.54 Å². The van der Waals surface area contributed by atoms with E-state index in [1.165, 1.54) is 5.56 Å². The molecule has 110 valence electrons. The highest BCUT2D eigenvalue weighted by Gasteiger charge is 2.06. The molecule has 0 fully saturated rings. The van der Waals surface area contributed by atoms with Crippen molar-refractivity contribution in [1.82, 2.24) is 4.57 Å². The molecule has 0 amide bonds. The van der Waals surface area contributed by atoms with E-state index in [4.69, 9.17) is 16.6 Å². The van der Waals surface area contributed by atoms with Crippen molar-refractivity contribution in [2.75, 3.05) is 0 Å². The van der Waals surface area contributed by atoms with Gasteiger partial charge in [0.25, 0.3) is 0 Å². The Labute approximate surface area is 138 Å². The number of halogens is 1. The highest BCUT2D eigenvalue weighted by atomic mass is 35.5. The van der Waals surface area contributed by atoms with Crippen LogP contribution in [0.1, 0.15) is 0 Å². The van der Waals surface area contributed by atoms with E-state index in [0.29, 0.717) is 5.02 Å². The highest BCUT2D eigenvalue weighted by molar-refractivity contribution is 7.07. The average molecular weight is 327 g/mol. The van der Waals surface area contributed by atoms with E-state index in [9.17, 15) is 0 Å². The van der Waals surface area contributed by atoms with E-state index < -0.39 is 0 Å². The minimum atomic E-state index is 0.717. The van der Waals surface area contributed by atoms with Gasteiger partial charge >= 0.3 is 0 Å². The van der Waals surface area contributed by atoms with Gasteiger partial charge in [-0.2, -0.15) is 0 Å². The molecule has 0 aliphatic rings. The lowest BCUT2D eigenvalue weighted by Crippen LogP contribution is -2.14. The van der Waals surface area contributed by atoms with Crippen LogP contribution in [-0.4, -0.2) is 4.57 Å². The Balaban J connectivity index is 2.11. The summed E-state index contributed by atoms with van der Waals surface area (Å²) in [6.45, 7) is 4.58. The normalized spacial score (nSPS) is 11.6. The first-order valence-corrected chi connectivity index (χ1v) is 8.18. The maximum absolute atomic E-state index is 5.92. The molecule has 0 bridgehead atoms. The van der Waals surface area contributed by atoms with E-state index >= 15 is 0 Å². The van der Waals surface area contributed by atoms with Gasteiger partial charge in [-0.3, -0.25) is 0 Å². The fourth-order valence-corrected chi connectivity index (χ4v) is 3.25. The van der Waals surface area contributed by atoms with Crippen molar-refractivity contribution >= 4 is 28.6 Å². The zero-order chi connectivity index (χ0) is 15.4. The van der Waals surface area contributed by atoms with Gasteiger partial charge in [-0.25, -0.2) is 4.99 Å². The number of allylic oxidation sites excluding steroid dienone is 1. The van der Waals surface area contributed by atoms with Crippen molar-refractivity contribution in [3.05, 3.63) is 82.5 Å². The molecule has 3 rings (SSSR count). The molecule has 0 aliphatic carbocycles. The smallest absolute Gasteiger partial charge is 0.190 e. The maximum atomic E-state index is 5.92. The largest absolute Gasteiger partial charge is 0.313 e. The molecule has 0 saturated carbocycles. The third kappa shape index (κ3) is 3.21. The van der Waals surface area contributed by atoms with Gasteiger partial charge in [0.05, 0.1) is 11.4 Å². The second-order valence-corrected chi connectivity index (χ2v) is 6.03. The van der Waals surface area contributed by atoms with Gasteiger partial charge in [-0.1, -0.05) is 48.0 Å². The molecule has 1 aromatic heterocycles. The zero-order valence-electron chi connectivity index (χ0n) is 11.9. The predicted molar refractivity (Wildman–Crippen MR) is 94.6 cm³/mol. The fraction of sp³-hybridized carbons (Fsp3) is 0.0556. The van der Waals surface area contributed by atoms with Crippen molar-refractivity contribution in [2.24, 2.45) is 4.99 Å². The minimum Gasteiger partial charge on any atom is -0.313 e. The first kappa shape index (κ1) is 14.8. The van der Waals surface area contributed by atoms with Crippen LogP contribution >= 0.6 is 22.9 Å². The van der Waals surface area contributed by atoms with Crippen molar-refractivity contribution < 1.29 is 0 Å². The van der Waals surface area contributed by atoms with Crippen LogP contribution in [0.5, 0.6) is 0 Å². The summed E-state index contributed by atoms with van der Waals surface area (Å²) < 4.78 is 2.17. The van der Waals surface area contributed by atoms with E-state index in [1.807, 2.05) is 48.5 Å². The lowest BCUT2D eigenvalue weighted by Gasteiger charge is -2.06. The Morgan fingerprint density at radius 1 is 1.09 bits per heavy atom. The summed E-state index contributed by atoms with van der Waals surface area (Å²) in [6, 6.07) is 17.9. The number of aromatic nitrogens is 1. The Kier molecular flexibility index (Phi) is 4.56. The van der Waals surface area contributed by atoms with Crippen LogP contribution in [0.3, 0.4) is 0 Å². The Morgan fingerprint density at radius 3 is 2.50 bits per heavy atom. The summed E-state index contributed by atoms with van der Waals surface area (Å²) in [5.41, 5.74) is 3.22. The second kappa shape index (κ2) is 6.77. The molecule has 4 heteroatoms. The lowest BCUT2D eigenvalue weighted by molar-refractivity contribution is 0.800. The predicted octanol–water partition coefficient (Wildman–Crippen LogP) is 5.29. The molecule has 0 unspecified atom stereocenters. The lowest BCUT2D eigenvalue weighted by atomic mass is 10.2. The average Bonchev–Trinajstić information content (AvgIpc) is 2.94. The van der Waals surface area contributed by atoms with E-state index in [1.54, 1.807) is 11.3 Å². The molecule has 0 N–H and O–H groups in total. The number of thiazole rings is 1. The molecule has 3 aromatic rings. The zero-order valence-corrected chi connectivity index (χ0v) is 13.5. The van der Waals surface area contributed by atoms with E-state index in [2.05, 4.69) is 28.7 Å². The van der Waals surface area contributed by atoms with Crippen molar-refractivity contribution in [3.63, 3.8) is 0 Å². The SMILES string of the molecule is C=CCn1c(-c2ccccc2)csc1=Nc1ccc(Cl)cc1. The van der Waals surface area contributed by atoms with Crippen molar-refractivity contribution in [2.45, 2.75) is 6.54 Å². The number of rotatable bonds is 4. The van der Waals surface area contributed by atoms with E-state index in [-0.39, 0.29) is 0 Å². The molecule has 2 aromatic carbocycles. The first-order chi connectivity index (χ1) is 10.8. The van der Waals surface area contributed by atoms with Gasteiger partial charge in [0.15, 0.2) is 4.80 Å². The van der Waals surface area contributed by atoms with Crippen LogP contribution in [0, 0.1) is 0 Å².